The molecule has 0 amide bonds. The molecule has 0 aromatic carbocycles. The molecule has 1 N–H and O–H groups in total. The van der Waals surface area contributed by atoms with Crippen LogP contribution in [0.4, 0.5) is 0 Å². The van der Waals surface area contributed by atoms with Crippen LogP contribution in [0.5, 0.6) is 5.75 Å². The van der Waals surface area contributed by atoms with E-state index in [9.17, 15) is 4.79 Å². The molecule has 0 aliphatic heterocycles. The number of carbonyl (C=O) groups is 1. The maximum absolute atomic E-state index is 10.7. The van der Waals surface area contributed by atoms with Crippen molar-refractivity contribution in [3.05, 3.63) is 15.3 Å². The third-order valence-corrected chi connectivity index (χ3v) is 2.61. The lowest BCUT2D eigenvalue weighted by atomic mass is 10.4. The van der Waals surface area contributed by atoms with Crippen molar-refractivity contribution in [2.75, 3.05) is 0 Å². The van der Waals surface area contributed by atoms with Crippen molar-refractivity contribution in [1.82, 2.24) is 0 Å². The molecule has 0 radical (unpaired) electrons. The molecule has 1 aromatic rings. The number of thiophene rings is 1. The Labute approximate surface area is 84.9 Å². The second kappa shape index (κ2) is 3.98. The minimum atomic E-state index is -1.01. The lowest BCUT2D eigenvalue weighted by Gasteiger charge is -2.09. The van der Waals surface area contributed by atoms with Gasteiger partial charge in [0, 0.05) is 5.38 Å². The van der Waals surface area contributed by atoms with Gasteiger partial charge in [0.15, 0.2) is 10.6 Å². The molecule has 0 atom stereocenters. The molecule has 0 saturated heterocycles. The van der Waals surface area contributed by atoms with Crippen molar-refractivity contribution in [3.63, 3.8) is 0 Å². The number of rotatable bonds is 3. The number of ether oxygens (including phenoxy) is 1. The van der Waals surface area contributed by atoms with Crippen molar-refractivity contribution in [1.29, 1.82) is 0 Å². The highest BCUT2D eigenvalue weighted by Crippen LogP contribution is 2.35. The van der Waals surface area contributed by atoms with Gasteiger partial charge >= 0.3 is 5.97 Å². The van der Waals surface area contributed by atoms with Crippen LogP contribution in [0.15, 0.2) is 5.38 Å². The molecule has 3 nitrogen and oxygen atoms in total. The summed E-state index contributed by atoms with van der Waals surface area (Å²) in [5.41, 5.74) is 0. The summed E-state index contributed by atoms with van der Waals surface area (Å²) in [4.78, 5) is 10.8. The number of carboxylic acid groups (broad SMARTS) is 1. The zero-order chi connectivity index (χ0) is 10.0. The van der Waals surface area contributed by atoms with Crippen LogP contribution in [0.1, 0.15) is 23.5 Å². The predicted octanol–water partition coefficient (Wildman–Crippen LogP) is 2.89. The summed E-state index contributed by atoms with van der Waals surface area (Å²) in [6, 6.07) is 0. The van der Waals surface area contributed by atoms with Gasteiger partial charge in [0.2, 0.25) is 0 Å². The Hall–Kier alpha value is -0.740. The monoisotopic (exact) mass is 220 g/mol. The molecular weight excluding hydrogens is 212 g/mol. The van der Waals surface area contributed by atoms with Crippen LogP contribution in [0.25, 0.3) is 0 Å². The molecule has 0 fully saturated rings. The van der Waals surface area contributed by atoms with Gasteiger partial charge in [-0.05, 0) is 13.8 Å². The minimum Gasteiger partial charge on any atom is -0.488 e. The molecule has 0 aliphatic carbocycles. The molecule has 1 heterocycles. The molecule has 0 spiro atoms. The first-order valence-corrected chi connectivity index (χ1v) is 4.95. The maximum Gasteiger partial charge on any atom is 0.349 e. The van der Waals surface area contributed by atoms with Gasteiger partial charge in [-0.25, -0.2) is 4.79 Å². The maximum atomic E-state index is 10.7. The van der Waals surface area contributed by atoms with E-state index >= 15 is 0 Å². The second-order valence-electron chi connectivity index (χ2n) is 2.71. The fourth-order valence-corrected chi connectivity index (χ4v) is 1.84. The smallest absolute Gasteiger partial charge is 0.349 e. The average molecular weight is 221 g/mol. The third kappa shape index (κ3) is 2.35. The summed E-state index contributed by atoms with van der Waals surface area (Å²) in [7, 11) is 0. The number of halogens is 1. The van der Waals surface area contributed by atoms with Crippen LogP contribution in [-0.4, -0.2) is 17.2 Å². The highest BCUT2D eigenvalue weighted by Gasteiger charge is 2.18. The molecule has 13 heavy (non-hydrogen) atoms. The Bertz CT molecular complexity index is 319. The molecule has 0 aliphatic rings. The summed E-state index contributed by atoms with van der Waals surface area (Å²) in [5, 5.41) is 10.7. The number of hydrogen-bond donors (Lipinski definition) is 1. The second-order valence-corrected chi connectivity index (χ2v) is 4.00. The topological polar surface area (TPSA) is 46.5 Å². The lowest BCUT2D eigenvalue weighted by molar-refractivity contribution is 0.0696. The van der Waals surface area contributed by atoms with Crippen molar-refractivity contribution >= 4 is 28.9 Å². The first-order chi connectivity index (χ1) is 6.02. The standard InChI is InChI=1S/C8H9ClO3S/c1-4(2)12-6-5(9)3-13-7(6)8(10)11/h3-4H,1-2H3,(H,10,11). The van der Waals surface area contributed by atoms with Gasteiger partial charge in [0.05, 0.1) is 11.1 Å². The largest absolute Gasteiger partial charge is 0.488 e. The molecule has 1 aromatic heterocycles. The van der Waals surface area contributed by atoms with Crippen LogP contribution in [0.3, 0.4) is 0 Å². The van der Waals surface area contributed by atoms with Crippen LogP contribution >= 0.6 is 22.9 Å². The zero-order valence-corrected chi connectivity index (χ0v) is 8.78. The van der Waals surface area contributed by atoms with E-state index in [1.807, 2.05) is 13.8 Å². The minimum absolute atomic E-state index is 0.0785. The van der Waals surface area contributed by atoms with Gasteiger partial charge in [-0.1, -0.05) is 11.6 Å². The Morgan fingerprint density at radius 3 is 2.77 bits per heavy atom. The quantitative estimate of drug-likeness (QED) is 0.852. The van der Waals surface area contributed by atoms with Crippen molar-refractivity contribution in [2.24, 2.45) is 0 Å². The van der Waals surface area contributed by atoms with Crippen molar-refractivity contribution in [3.8, 4) is 5.75 Å². The van der Waals surface area contributed by atoms with E-state index in [1.165, 1.54) is 0 Å². The molecule has 1 rings (SSSR count). The summed E-state index contributed by atoms with van der Waals surface area (Å²) in [6.45, 7) is 3.64. The first-order valence-electron chi connectivity index (χ1n) is 3.69. The van der Waals surface area contributed by atoms with E-state index in [-0.39, 0.29) is 16.7 Å². The molecule has 0 saturated carbocycles. The Balaban J connectivity index is 3.01. The van der Waals surface area contributed by atoms with Crippen LogP contribution < -0.4 is 4.74 Å². The fourth-order valence-electron chi connectivity index (χ4n) is 0.819. The number of aromatic carboxylic acids is 1. The van der Waals surface area contributed by atoms with Crippen LogP contribution in [0.2, 0.25) is 5.02 Å². The number of carboxylic acids is 1. The van der Waals surface area contributed by atoms with E-state index in [0.717, 1.165) is 11.3 Å². The van der Waals surface area contributed by atoms with Gasteiger partial charge in [-0.2, -0.15) is 0 Å². The van der Waals surface area contributed by atoms with E-state index in [2.05, 4.69) is 0 Å². The van der Waals surface area contributed by atoms with Crippen LogP contribution in [-0.2, 0) is 0 Å². The van der Waals surface area contributed by atoms with Gasteiger partial charge in [0.1, 0.15) is 0 Å². The van der Waals surface area contributed by atoms with Crippen molar-refractivity contribution < 1.29 is 14.6 Å². The SMILES string of the molecule is CC(C)Oc1c(Cl)csc1C(=O)O. The average Bonchev–Trinajstić information content (AvgIpc) is 2.32. The zero-order valence-electron chi connectivity index (χ0n) is 7.20. The van der Waals surface area contributed by atoms with Gasteiger partial charge < -0.3 is 9.84 Å². The first kappa shape index (κ1) is 10.3. The van der Waals surface area contributed by atoms with E-state index in [1.54, 1.807) is 5.38 Å². The van der Waals surface area contributed by atoms with Gasteiger partial charge in [0.25, 0.3) is 0 Å². The summed E-state index contributed by atoms with van der Waals surface area (Å²) in [6.07, 6.45) is -0.0785. The van der Waals surface area contributed by atoms with Crippen LogP contribution in [0, 0.1) is 0 Å². The summed E-state index contributed by atoms with van der Waals surface area (Å²) in [5.74, 6) is -0.735. The fraction of sp³-hybridized carbons (Fsp3) is 0.375. The van der Waals surface area contributed by atoms with E-state index in [0.29, 0.717) is 5.02 Å². The lowest BCUT2D eigenvalue weighted by Crippen LogP contribution is -2.08. The van der Waals surface area contributed by atoms with Crippen molar-refractivity contribution in [2.45, 2.75) is 20.0 Å². The van der Waals surface area contributed by atoms with E-state index < -0.39 is 5.97 Å². The molecule has 5 heteroatoms. The van der Waals surface area contributed by atoms with E-state index in [4.69, 9.17) is 21.4 Å². The highest BCUT2D eigenvalue weighted by atomic mass is 35.5. The summed E-state index contributed by atoms with van der Waals surface area (Å²) >= 11 is 6.82. The summed E-state index contributed by atoms with van der Waals surface area (Å²) < 4.78 is 5.28. The molecule has 72 valence electrons. The Morgan fingerprint density at radius 2 is 2.31 bits per heavy atom. The number of hydrogen-bond acceptors (Lipinski definition) is 3. The van der Waals surface area contributed by atoms with Gasteiger partial charge in [-0.15, -0.1) is 11.3 Å². The van der Waals surface area contributed by atoms with Gasteiger partial charge in [-0.3, -0.25) is 0 Å². The molecular formula is C8H9ClO3S. The molecule has 0 bridgehead atoms. The molecule has 0 unspecified atom stereocenters. The highest BCUT2D eigenvalue weighted by molar-refractivity contribution is 7.13. The Kier molecular flexibility index (Phi) is 3.17. The Morgan fingerprint density at radius 1 is 1.69 bits per heavy atom. The predicted molar refractivity (Wildman–Crippen MR) is 52.1 cm³/mol. The normalized spacial score (nSPS) is 10.5. The third-order valence-electron chi connectivity index (χ3n) is 1.25.